The summed E-state index contributed by atoms with van der Waals surface area (Å²) in [6.07, 6.45) is 0.202. The Kier molecular flexibility index (Phi) is 7.07. The van der Waals surface area contributed by atoms with Gasteiger partial charge < -0.3 is 14.6 Å². The second-order valence-electron chi connectivity index (χ2n) is 8.27. The second kappa shape index (κ2) is 10.1. The fourth-order valence-corrected chi connectivity index (χ4v) is 4.76. The van der Waals surface area contributed by atoms with Gasteiger partial charge in [0.2, 0.25) is 0 Å². The molecule has 3 aromatic rings. The van der Waals surface area contributed by atoms with Crippen molar-refractivity contribution >= 4 is 41.4 Å². The number of aromatic hydroxyl groups is 1. The first-order valence-electron chi connectivity index (χ1n) is 10.8. The van der Waals surface area contributed by atoms with E-state index in [0.717, 1.165) is 0 Å². The number of hydrogen-bond donors (Lipinski definition) is 1. The van der Waals surface area contributed by atoms with Crippen LogP contribution in [0.3, 0.4) is 0 Å². The lowest BCUT2D eigenvalue weighted by atomic mass is 9.84. The first-order chi connectivity index (χ1) is 17.2. The zero-order valence-electron chi connectivity index (χ0n) is 19.4. The van der Waals surface area contributed by atoms with Crippen LogP contribution in [-0.4, -0.2) is 37.6 Å². The number of aldehydes is 1. The van der Waals surface area contributed by atoms with Crippen LogP contribution in [0.5, 0.6) is 5.75 Å². The molecule has 0 radical (unpaired) electrons. The quantitative estimate of drug-likeness (QED) is 0.224. The molecule has 0 spiro atoms. The second-order valence-corrected chi connectivity index (χ2v) is 9.14. The van der Waals surface area contributed by atoms with Gasteiger partial charge >= 0.3 is 11.9 Å². The van der Waals surface area contributed by atoms with Crippen molar-refractivity contribution in [1.29, 1.82) is 0 Å². The molecule has 0 atom stereocenters. The maximum Gasteiger partial charge on any atom is 0.323 e. The van der Waals surface area contributed by atoms with E-state index >= 15 is 0 Å². The minimum absolute atomic E-state index is 0.0120. The number of phenols is 1. The van der Waals surface area contributed by atoms with Gasteiger partial charge in [0, 0.05) is 45.1 Å². The van der Waals surface area contributed by atoms with Crippen LogP contribution in [0.1, 0.15) is 32.6 Å². The van der Waals surface area contributed by atoms with E-state index in [0.29, 0.717) is 44.1 Å². The van der Waals surface area contributed by atoms with Crippen molar-refractivity contribution in [2.24, 2.45) is 5.41 Å². The molecule has 0 saturated carbocycles. The van der Waals surface area contributed by atoms with E-state index < -0.39 is 17.4 Å². The third-order valence-electron chi connectivity index (χ3n) is 6.26. The van der Waals surface area contributed by atoms with E-state index in [2.05, 4.69) is 11.8 Å². The smallest absolute Gasteiger partial charge is 0.323 e. The average Bonchev–Trinajstić information content (AvgIpc) is 3.31. The molecule has 4 rings (SSSR count). The number of methoxy groups -OCH3 is 2. The van der Waals surface area contributed by atoms with Gasteiger partial charge in [-0.3, -0.25) is 14.4 Å². The molecule has 8 heteroatoms. The van der Waals surface area contributed by atoms with Gasteiger partial charge in [0.15, 0.2) is 11.7 Å². The molecule has 6 nitrogen and oxygen atoms in total. The van der Waals surface area contributed by atoms with Crippen LogP contribution in [0.2, 0.25) is 10.0 Å². The lowest BCUT2D eigenvalue weighted by Gasteiger charge is -2.22. The number of benzene rings is 3. The van der Waals surface area contributed by atoms with Crippen molar-refractivity contribution in [3.05, 3.63) is 86.4 Å². The van der Waals surface area contributed by atoms with Crippen molar-refractivity contribution in [3.8, 4) is 28.7 Å². The molecule has 0 aliphatic heterocycles. The van der Waals surface area contributed by atoms with Crippen LogP contribution in [0.15, 0.2) is 48.5 Å². The maximum atomic E-state index is 12.8. The van der Waals surface area contributed by atoms with Crippen molar-refractivity contribution in [2.45, 2.75) is 12.8 Å². The standard InChI is InChI=1S/C28H20Cl2O6/c1-35-26(33)28(27(34)36-2)13-21-20(12-5-16-3-8-18(29)9-4-16)24(17-6-10-19(30)11-7-17)23(15-31)25(32)22(21)14-28/h3-4,6-11,15,32H,13-14H2,1-2H3. The summed E-state index contributed by atoms with van der Waals surface area (Å²) in [5, 5.41) is 12.2. The third-order valence-corrected chi connectivity index (χ3v) is 6.77. The van der Waals surface area contributed by atoms with Gasteiger partial charge in [-0.05, 0) is 47.5 Å². The summed E-state index contributed by atoms with van der Waals surface area (Å²) < 4.78 is 9.88. The normalized spacial score (nSPS) is 13.2. The Morgan fingerprint density at radius 1 is 0.889 bits per heavy atom. The largest absolute Gasteiger partial charge is 0.507 e. The van der Waals surface area contributed by atoms with E-state index in [1.165, 1.54) is 14.2 Å². The predicted octanol–water partition coefficient (Wildman–Crippen LogP) is 5.01. The van der Waals surface area contributed by atoms with E-state index in [1.807, 2.05) is 0 Å². The Bertz CT molecular complexity index is 1410. The molecule has 0 aromatic heterocycles. The van der Waals surface area contributed by atoms with E-state index in [-0.39, 0.29) is 29.7 Å². The van der Waals surface area contributed by atoms with Crippen LogP contribution in [0.25, 0.3) is 11.1 Å². The number of hydrogen-bond acceptors (Lipinski definition) is 6. The molecule has 0 bridgehead atoms. The number of rotatable bonds is 4. The fourth-order valence-electron chi connectivity index (χ4n) is 4.51. The highest BCUT2D eigenvalue weighted by Gasteiger charge is 2.54. The van der Waals surface area contributed by atoms with Crippen LogP contribution in [0.4, 0.5) is 0 Å². The molecular weight excluding hydrogens is 503 g/mol. The molecule has 36 heavy (non-hydrogen) atoms. The monoisotopic (exact) mass is 522 g/mol. The Balaban J connectivity index is 2.04. The Hall–Kier alpha value is -3.79. The summed E-state index contributed by atoms with van der Waals surface area (Å²) in [6.45, 7) is 0. The van der Waals surface area contributed by atoms with Gasteiger partial charge in [-0.15, -0.1) is 0 Å². The summed E-state index contributed by atoms with van der Waals surface area (Å²) in [7, 11) is 2.35. The van der Waals surface area contributed by atoms with Crippen LogP contribution >= 0.6 is 23.2 Å². The molecule has 1 aliphatic rings. The van der Waals surface area contributed by atoms with Gasteiger partial charge in [-0.25, -0.2) is 0 Å². The number of halogens is 2. The van der Waals surface area contributed by atoms with Crippen molar-refractivity contribution < 1.29 is 29.0 Å². The molecule has 0 unspecified atom stereocenters. The third kappa shape index (κ3) is 4.32. The van der Waals surface area contributed by atoms with E-state index in [1.54, 1.807) is 48.5 Å². The van der Waals surface area contributed by atoms with Crippen molar-refractivity contribution in [3.63, 3.8) is 0 Å². The van der Waals surface area contributed by atoms with Gasteiger partial charge in [-0.1, -0.05) is 47.2 Å². The molecule has 1 N–H and O–H groups in total. The molecule has 0 fully saturated rings. The van der Waals surface area contributed by atoms with Crippen LogP contribution in [-0.2, 0) is 31.9 Å². The number of carbonyl (C=O) groups excluding carboxylic acids is 3. The molecule has 1 aliphatic carbocycles. The molecule has 0 saturated heterocycles. The van der Waals surface area contributed by atoms with Crippen molar-refractivity contribution in [2.75, 3.05) is 14.2 Å². The highest BCUT2D eigenvalue weighted by molar-refractivity contribution is 6.30. The number of carbonyl (C=O) groups is 3. The Morgan fingerprint density at radius 3 is 1.94 bits per heavy atom. The van der Waals surface area contributed by atoms with Gasteiger partial charge in [-0.2, -0.15) is 0 Å². The molecular formula is C28H20Cl2O6. The van der Waals surface area contributed by atoms with Gasteiger partial charge in [0.25, 0.3) is 0 Å². The maximum absolute atomic E-state index is 12.8. The van der Waals surface area contributed by atoms with Gasteiger partial charge in [0.05, 0.1) is 19.8 Å². The topological polar surface area (TPSA) is 89.9 Å². The highest BCUT2D eigenvalue weighted by Crippen LogP contribution is 2.48. The minimum atomic E-state index is -1.72. The van der Waals surface area contributed by atoms with Crippen LogP contribution in [0, 0.1) is 17.3 Å². The van der Waals surface area contributed by atoms with Crippen molar-refractivity contribution in [1.82, 2.24) is 0 Å². The average molecular weight is 523 g/mol. The first-order valence-corrected chi connectivity index (χ1v) is 11.6. The van der Waals surface area contributed by atoms with E-state index in [4.69, 9.17) is 32.7 Å². The highest BCUT2D eigenvalue weighted by atomic mass is 35.5. The summed E-state index contributed by atoms with van der Waals surface area (Å²) in [6, 6.07) is 13.6. The number of ether oxygens (including phenoxy) is 2. The Labute approximate surface area is 217 Å². The summed E-state index contributed by atoms with van der Waals surface area (Å²) in [5.74, 6) is 4.25. The van der Waals surface area contributed by atoms with E-state index in [9.17, 15) is 19.5 Å². The molecule has 3 aromatic carbocycles. The molecule has 0 amide bonds. The number of esters is 2. The summed E-state index contributed by atoms with van der Waals surface area (Å²) in [4.78, 5) is 38.0. The number of fused-ring (bicyclic) bond motifs is 1. The predicted molar refractivity (Wildman–Crippen MR) is 135 cm³/mol. The molecule has 182 valence electrons. The zero-order valence-corrected chi connectivity index (χ0v) is 20.9. The van der Waals surface area contributed by atoms with Gasteiger partial charge in [0.1, 0.15) is 5.75 Å². The SMILES string of the molecule is COC(=O)C1(C(=O)OC)Cc2c(O)c(C=O)c(-c3ccc(Cl)cc3)c(C#Cc3ccc(Cl)cc3)c2C1. The molecule has 0 heterocycles. The Morgan fingerprint density at radius 2 is 1.42 bits per heavy atom. The summed E-state index contributed by atoms with van der Waals surface area (Å²) in [5.41, 5.74) is 0.989. The number of phenolic OH excluding ortho intramolecular Hbond substituents is 1. The zero-order chi connectivity index (χ0) is 26.0. The minimum Gasteiger partial charge on any atom is -0.507 e. The van der Waals surface area contributed by atoms with Crippen LogP contribution < -0.4 is 0 Å². The fraction of sp³-hybridized carbons (Fsp3) is 0.179. The lowest BCUT2D eigenvalue weighted by molar-refractivity contribution is -0.168. The summed E-state index contributed by atoms with van der Waals surface area (Å²) >= 11 is 12.1. The first kappa shape index (κ1) is 25.3. The lowest BCUT2D eigenvalue weighted by Crippen LogP contribution is -2.42.